The molecule has 1 heteroatoms. The van der Waals surface area contributed by atoms with Crippen LogP contribution < -0.4 is 0 Å². The third-order valence-electron chi connectivity index (χ3n) is 2.71. The predicted molar refractivity (Wildman–Crippen MR) is 72.9 cm³/mol. The van der Waals surface area contributed by atoms with E-state index in [9.17, 15) is 0 Å². The summed E-state index contributed by atoms with van der Waals surface area (Å²) in [5.74, 6) is 0.757. The molecule has 1 aliphatic rings. The molecule has 0 saturated heterocycles. The molecule has 0 amide bonds. The molecule has 0 spiro atoms. The molecule has 1 rings (SSSR count). The molecule has 0 saturated carbocycles. The Morgan fingerprint density at radius 3 is 3.00 bits per heavy atom. The van der Waals surface area contributed by atoms with Crippen LogP contribution in [0.1, 0.15) is 32.1 Å². The Hall–Kier alpha value is -0.0500. The van der Waals surface area contributed by atoms with Crippen molar-refractivity contribution >= 4 is 22.6 Å². The van der Waals surface area contributed by atoms with Gasteiger partial charge in [0.2, 0.25) is 0 Å². The molecule has 1 unspecified atom stereocenters. The maximum Gasteiger partial charge on any atom is -0.000451 e. The summed E-state index contributed by atoms with van der Waals surface area (Å²) in [4.78, 5) is 0. The van der Waals surface area contributed by atoms with Gasteiger partial charge >= 0.3 is 0 Å². The van der Waals surface area contributed by atoms with Crippen LogP contribution >= 0.6 is 22.6 Å². The van der Waals surface area contributed by atoms with E-state index < -0.39 is 0 Å². The van der Waals surface area contributed by atoms with Crippen molar-refractivity contribution in [2.24, 2.45) is 5.92 Å². The van der Waals surface area contributed by atoms with Crippen LogP contribution in [0.2, 0.25) is 0 Å². The number of rotatable bonds is 6. The molecule has 0 aromatic carbocycles. The van der Waals surface area contributed by atoms with Crippen LogP contribution in [-0.2, 0) is 0 Å². The van der Waals surface area contributed by atoms with Gasteiger partial charge in [-0.05, 0) is 42.4 Å². The molecular formula is C13H19I. The molecule has 14 heavy (non-hydrogen) atoms. The van der Waals surface area contributed by atoms with Crippen molar-refractivity contribution < 1.29 is 0 Å². The van der Waals surface area contributed by atoms with Gasteiger partial charge in [0, 0.05) is 0 Å². The Kier molecular flexibility index (Phi) is 6.24. The first kappa shape index (κ1) is 12.0. The lowest BCUT2D eigenvalue weighted by Crippen LogP contribution is -2.05. The molecule has 0 aromatic heterocycles. The molecule has 78 valence electrons. The van der Waals surface area contributed by atoms with Gasteiger partial charge in [-0.25, -0.2) is 0 Å². The number of allylic oxidation sites excluding steroid dienone is 5. The van der Waals surface area contributed by atoms with Gasteiger partial charge in [-0.1, -0.05) is 52.5 Å². The van der Waals surface area contributed by atoms with Crippen molar-refractivity contribution in [3.63, 3.8) is 0 Å². The Morgan fingerprint density at radius 1 is 1.57 bits per heavy atom. The summed E-state index contributed by atoms with van der Waals surface area (Å²) < 4.78 is 1.27. The SMILES string of the molecule is C=CCC(CCCI)C1=CC=CCC1. The van der Waals surface area contributed by atoms with Gasteiger partial charge in [-0.15, -0.1) is 6.58 Å². The van der Waals surface area contributed by atoms with E-state index in [-0.39, 0.29) is 0 Å². The van der Waals surface area contributed by atoms with Crippen molar-refractivity contribution in [3.8, 4) is 0 Å². The van der Waals surface area contributed by atoms with E-state index in [1.807, 2.05) is 0 Å². The lowest BCUT2D eigenvalue weighted by Gasteiger charge is -2.19. The zero-order valence-corrected chi connectivity index (χ0v) is 10.9. The lowest BCUT2D eigenvalue weighted by molar-refractivity contribution is 0.542. The second-order valence-electron chi connectivity index (χ2n) is 3.76. The van der Waals surface area contributed by atoms with E-state index in [1.165, 1.54) is 30.1 Å². The monoisotopic (exact) mass is 302 g/mol. The van der Waals surface area contributed by atoms with Gasteiger partial charge in [-0.3, -0.25) is 0 Å². The van der Waals surface area contributed by atoms with E-state index in [1.54, 1.807) is 5.57 Å². The Morgan fingerprint density at radius 2 is 2.43 bits per heavy atom. The van der Waals surface area contributed by atoms with Gasteiger partial charge in [0.25, 0.3) is 0 Å². The van der Waals surface area contributed by atoms with Crippen LogP contribution in [0.15, 0.2) is 36.5 Å². The van der Waals surface area contributed by atoms with E-state index >= 15 is 0 Å². The normalized spacial score (nSPS) is 17.6. The number of hydrogen-bond acceptors (Lipinski definition) is 0. The lowest BCUT2D eigenvalue weighted by atomic mass is 9.86. The fourth-order valence-electron chi connectivity index (χ4n) is 1.94. The minimum Gasteiger partial charge on any atom is -0.103 e. The zero-order chi connectivity index (χ0) is 10.2. The number of halogens is 1. The number of alkyl halides is 1. The summed E-state index contributed by atoms with van der Waals surface area (Å²) in [7, 11) is 0. The summed E-state index contributed by atoms with van der Waals surface area (Å²) in [5, 5.41) is 0. The van der Waals surface area contributed by atoms with Crippen LogP contribution in [-0.4, -0.2) is 4.43 Å². The quantitative estimate of drug-likeness (QED) is 0.380. The standard InChI is InChI=1S/C13H19I/c1-2-7-12(10-6-11-14)13-8-4-3-5-9-13/h2-4,8,12H,1,5-7,9-11H2. The second-order valence-corrected chi connectivity index (χ2v) is 4.84. The molecule has 0 heterocycles. The van der Waals surface area contributed by atoms with Gasteiger partial charge < -0.3 is 0 Å². The Balaban J connectivity index is 2.51. The van der Waals surface area contributed by atoms with Crippen molar-refractivity contribution in [3.05, 3.63) is 36.5 Å². The molecule has 0 N–H and O–H groups in total. The Bertz CT molecular complexity index is 225. The first-order chi connectivity index (χ1) is 6.88. The molecule has 1 atom stereocenters. The maximum atomic E-state index is 3.86. The minimum atomic E-state index is 0.757. The van der Waals surface area contributed by atoms with E-state index in [4.69, 9.17) is 0 Å². The zero-order valence-electron chi connectivity index (χ0n) is 8.71. The number of hydrogen-bond donors (Lipinski definition) is 0. The van der Waals surface area contributed by atoms with Crippen LogP contribution in [0, 0.1) is 5.92 Å². The summed E-state index contributed by atoms with van der Waals surface area (Å²) in [6.07, 6.45) is 15.1. The van der Waals surface area contributed by atoms with Gasteiger partial charge in [-0.2, -0.15) is 0 Å². The Labute approximate surface area is 101 Å². The molecule has 0 bridgehead atoms. The molecule has 0 aliphatic heterocycles. The maximum absolute atomic E-state index is 3.86. The van der Waals surface area contributed by atoms with Crippen LogP contribution in [0.4, 0.5) is 0 Å². The summed E-state index contributed by atoms with van der Waals surface area (Å²) >= 11 is 2.46. The highest BCUT2D eigenvalue weighted by molar-refractivity contribution is 14.1. The van der Waals surface area contributed by atoms with Crippen molar-refractivity contribution in [1.82, 2.24) is 0 Å². The van der Waals surface area contributed by atoms with Crippen molar-refractivity contribution in [2.45, 2.75) is 32.1 Å². The van der Waals surface area contributed by atoms with Gasteiger partial charge in [0.05, 0.1) is 0 Å². The smallest absolute Gasteiger partial charge is 0.000451 e. The molecule has 0 radical (unpaired) electrons. The highest BCUT2D eigenvalue weighted by Gasteiger charge is 2.12. The molecule has 1 aliphatic carbocycles. The summed E-state index contributed by atoms with van der Waals surface area (Å²) in [6.45, 7) is 3.86. The third kappa shape index (κ3) is 3.99. The van der Waals surface area contributed by atoms with Crippen molar-refractivity contribution in [2.75, 3.05) is 4.43 Å². The highest BCUT2D eigenvalue weighted by Crippen LogP contribution is 2.27. The summed E-state index contributed by atoms with van der Waals surface area (Å²) in [5.41, 5.74) is 1.64. The van der Waals surface area contributed by atoms with Crippen molar-refractivity contribution in [1.29, 1.82) is 0 Å². The molecular weight excluding hydrogens is 283 g/mol. The molecule has 0 fully saturated rings. The molecule has 0 nitrogen and oxygen atoms in total. The minimum absolute atomic E-state index is 0.757. The van der Waals surface area contributed by atoms with E-state index in [2.05, 4.69) is 53.5 Å². The van der Waals surface area contributed by atoms with E-state index in [0.29, 0.717) is 0 Å². The topological polar surface area (TPSA) is 0 Å². The average molecular weight is 302 g/mol. The van der Waals surface area contributed by atoms with E-state index in [0.717, 1.165) is 12.3 Å². The molecule has 0 aromatic rings. The second kappa shape index (κ2) is 7.27. The van der Waals surface area contributed by atoms with Crippen LogP contribution in [0.25, 0.3) is 0 Å². The van der Waals surface area contributed by atoms with Gasteiger partial charge in [0.15, 0.2) is 0 Å². The first-order valence-electron chi connectivity index (χ1n) is 5.41. The fraction of sp³-hybridized carbons (Fsp3) is 0.538. The van der Waals surface area contributed by atoms with Crippen LogP contribution in [0.5, 0.6) is 0 Å². The third-order valence-corrected chi connectivity index (χ3v) is 3.47. The predicted octanol–water partition coefficient (Wildman–Crippen LogP) is 4.67. The first-order valence-corrected chi connectivity index (χ1v) is 6.93. The fourth-order valence-corrected chi connectivity index (χ4v) is 2.38. The largest absolute Gasteiger partial charge is 0.103 e. The highest BCUT2D eigenvalue weighted by atomic mass is 127. The van der Waals surface area contributed by atoms with Crippen LogP contribution in [0.3, 0.4) is 0 Å². The average Bonchev–Trinajstić information content (AvgIpc) is 2.25. The summed E-state index contributed by atoms with van der Waals surface area (Å²) in [6, 6.07) is 0. The van der Waals surface area contributed by atoms with Gasteiger partial charge in [0.1, 0.15) is 0 Å².